The molecule has 4 aromatic rings. The van der Waals surface area contributed by atoms with Crippen molar-refractivity contribution in [1.29, 1.82) is 0 Å². The number of alkyl carbamates (subject to hydrolysis) is 1. The largest absolute Gasteiger partial charge is 0.453 e. The number of hydrogen-bond acceptors (Lipinski definition) is 7. The minimum Gasteiger partial charge on any atom is -0.453 e. The number of benzene rings is 2. The van der Waals surface area contributed by atoms with Crippen molar-refractivity contribution >= 4 is 23.9 Å². The SMILES string of the molecule is CNC(=O)N[C@H](C(=O)N1CCC[C@H]1c1ncc(-c2ccc(C3CCC(c4cnc([C@@H]5CCCN5C(=O)[C@H](NC(=O)OC)c5ccccc5)[nH]4)CC3)cc2)[nH]1)C(C)C. The number of rotatable bonds is 11. The van der Waals surface area contributed by atoms with Crippen LogP contribution in [0, 0.1) is 5.92 Å². The molecule has 4 heterocycles. The van der Waals surface area contributed by atoms with Crippen LogP contribution in [0.5, 0.6) is 0 Å². The Morgan fingerprint density at radius 3 is 2.00 bits per heavy atom. The molecular formula is C43H55N9O5. The molecule has 3 fully saturated rings. The van der Waals surface area contributed by atoms with E-state index in [9.17, 15) is 19.2 Å². The number of aromatic amines is 2. The van der Waals surface area contributed by atoms with E-state index in [4.69, 9.17) is 14.7 Å². The summed E-state index contributed by atoms with van der Waals surface area (Å²) in [7, 11) is 2.84. The standard InChI is InChI=1S/C43H55N9O5/c1-26(2)36(49-42(55)44-3)40(53)51-22-8-12-34(51)38-45-24-32(47-38)29-18-14-27(15-19-29)28-16-20-30(21-17-28)33-25-46-39(48-33)35-13-9-23-52(35)41(54)37(50-43(56)57-4)31-10-6-5-7-11-31/h5-7,10-11,14-15,18-19,24-26,28,30,34-37H,8-9,12-13,16-17,20-23H2,1-4H3,(H,45,47)(H,46,48)(H,50,56)(H2,44,49,55)/t28?,30?,34-,35-,36-,37+/m0/s1. The Balaban J connectivity index is 0.951. The quantitative estimate of drug-likeness (QED) is 0.114. The minimum atomic E-state index is -0.848. The third kappa shape index (κ3) is 8.69. The van der Waals surface area contributed by atoms with Crippen LogP contribution >= 0.6 is 0 Å². The van der Waals surface area contributed by atoms with Gasteiger partial charge in [0, 0.05) is 37.9 Å². The molecule has 5 N–H and O–H groups in total. The van der Waals surface area contributed by atoms with Crippen LogP contribution in [0.15, 0.2) is 67.0 Å². The summed E-state index contributed by atoms with van der Waals surface area (Å²) in [6.07, 6.45) is 10.7. The fourth-order valence-corrected chi connectivity index (χ4v) is 8.86. The number of ether oxygens (including phenoxy) is 1. The van der Waals surface area contributed by atoms with E-state index in [2.05, 4.69) is 50.2 Å². The lowest BCUT2D eigenvalue weighted by atomic mass is 9.77. The maximum absolute atomic E-state index is 13.9. The van der Waals surface area contributed by atoms with Crippen LogP contribution < -0.4 is 16.0 Å². The highest BCUT2D eigenvalue weighted by atomic mass is 16.5. The molecule has 14 heteroatoms. The number of imidazole rings is 2. The first-order valence-corrected chi connectivity index (χ1v) is 20.3. The minimum absolute atomic E-state index is 0.0548. The van der Waals surface area contributed by atoms with Gasteiger partial charge in [-0.15, -0.1) is 0 Å². The van der Waals surface area contributed by atoms with Gasteiger partial charge in [0.1, 0.15) is 23.7 Å². The second kappa shape index (κ2) is 17.6. The third-order valence-corrected chi connectivity index (χ3v) is 12.0. The second-order valence-electron chi connectivity index (χ2n) is 15.9. The smallest absolute Gasteiger partial charge is 0.407 e. The Morgan fingerprint density at radius 1 is 0.754 bits per heavy atom. The molecule has 2 aromatic heterocycles. The van der Waals surface area contributed by atoms with Crippen LogP contribution in [0.2, 0.25) is 0 Å². The molecule has 2 saturated heterocycles. The summed E-state index contributed by atoms with van der Waals surface area (Å²) in [5.74, 6) is 2.08. The molecule has 14 nitrogen and oxygen atoms in total. The number of carbonyl (C=O) groups excluding carboxylic acids is 4. The van der Waals surface area contributed by atoms with Crippen molar-refractivity contribution in [2.24, 2.45) is 5.92 Å². The van der Waals surface area contributed by atoms with Gasteiger partial charge in [0.05, 0.1) is 31.1 Å². The number of carbonyl (C=O) groups is 4. The predicted molar refractivity (Wildman–Crippen MR) is 215 cm³/mol. The van der Waals surface area contributed by atoms with Gasteiger partial charge < -0.3 is 40.5 Å². The van der Waals surface area contributed by atoms with Gasteiger partial charge >= 0.3 is 12.1 Å². The van der Waals surface area contributed by atoms with Crippen molar-refractivity contribution < 1.29 is 23.9 Å². The van der Waals surface area contributed by atoms with Crippen molar-refractivity contribution in [1.82, 2.24) is 45.7 Å². The van der Waals surface area contributed by atoms with Crippen molar-refractivity contribution in [3.63, 3.8) is 0 Å². The van der Waals surface area contributed by atoms with Crippen LogP contribution in [-0.2, 0) is 14.3 Å². The van der Waals surface area contributed by atoms with Gasteiger partial charge in [-0.1, -0.05) is 68.4 Å². The summed E-state index contributed by atoms with van der Waals surface area (Å²) in [6, 6.07) is 15.8. The highest BCUT2D eigenvalue weighted by molar-refractivity contribution is 5.88. The normalized spacial score (nSPS) is 21.9. The van der Waals surface area contributed by atoms with Crippen molar-refractivity contribution in [2.45, 2.75) is 101 Å². The summed E-state index contributed by atoms with van der Waals surface area (Å²) in [6.45, 7) is 5.10. The number of aromatic nitrogens is 4. The summed E-state index contributed by atoms with van der Waals surface area (Å²) in [4.78, 5) is 72.1. The maximum atomic E-state index is 13.9. The zero-order valence-electron chi connectivity index (χ0n) is 33.3. The molecule has 1 saturated carbocycles. The molecule has 2 aliphatic heterocycles. The molecule has 57 heavy (non-hydrogen) atoms. The number of likely N-dealkylation sites (tertiary alicyclic amines) is 2. The van der Waals surface area contributed by atoms with Gasteiger partial charge in [-0.25, -0.2) is 19.6 Å². The van der Waals surface area contributed by atoms with Gasteiger partial charge in [-0.2, -0.15) is 0 Å². The molecule has 5 amide bonds. The van der Waals surface area contributed by atoms with Crippen molar-refractivity contribution in [3.05, 3.63) is 95.5 Å². The van der Waals surface area contributed by atoms with Gasteiger partial charge in [0.25, 0.3) is 5.91 Å². The summed E-state index contributed by atoms with van der Waals surface area (Å²) in [5, 5.41) is 8.11. The number of nitrogens with one attached hydrogen (secondary N) is 5. The first-order chi connectivity index (χ1) is 27.6. The number of hydrogen-bond donors (Lipinski definition) is 5. The number of methoxy groups -OCH3 is 1. The Labute approximate surface area is 333 Å². The zero-order chi connectivity index (χ0) is 40.1. The Hall–Kier alpha value is -5.66. The monoisotopic (exact) mass is 777 g/mol. The van der Waals surface area contributed by atoms with E-state index in [1.807, 2.05) is 66.4 Å². The fraction of sp³-hybridized carbons (Fsp3) is 0.488. The molecule has 4 atom stereocenters. The molecule has 7 rings (SSSR count). The Morgan fingerprint density at radius 2 is 1.37 bits per heavy atom. The third-order valence-electron chi connectivity index (χ3n) is 12.0. The van der Waals surface area contributed by atoms with E-state index in [0.29, 0.717) is 30.5 Å². The lowest BCUT2D eigenvalue weighted by Gasteiger charge is -2.30. The van der Waals surface area contributed by atoms with Crippen LogP contribution in [0.3, 0.4) is 0 Å². The number of urea groups is 1. The van der Waals surface area contributed by atoms with Crippen LogP contribution in [0.25, 0.3) is 11.3 Å². The molecule has 0 bridgehead atoms. The first kappa shape index (κ1) is 39.6. The lowest BCUT2D eigenvalue weighted by molar-refractivity contribution is -0.135. The van der Waals surface area contributed by atoms with E-state index in [-0.39, 0.29) is 35.8 Å². The highest BCUT2D eigenvalue weighted by Gasteiger charge is 2.39. The second-order valence-corrected chi connectivity index (χ2v) is 15.9. The Bertz CT molecular complexity index is 2000. The topological polar surface area (TPSA) is 177 Å². The molecule has 3 aliphatic rings. The summed E-state index contributed by atoms with van der Waals surface area (Å²) < 4.78 is 4.84. The van der Waals surface area contributed by atoms with Gasteiger partial charge in [0.2, 0.25) is 5.91 Å². The molecule has 2 aromatic carbocycles. The summed E-state index contributed by atoms with van der Waals surface area (Å²) >= 11 is 0. The van der Waals surface area contributed by atoms with E-state index >= 15 is 0 Å². The van der Waals surface area contributed by atoms with E-state index in [1.165, 1.54) is 12.7 Å². The zero-order valence-corrected chi connectivity index (χ0v) is 33.3. The average molecular weight is 778 g/mol. The van der Waals surface area contributed by atoms with Crippen molar-refractivity contribution in [2.75, 3.05) is 27.2 Å². The van der Waals surface area contributed by atoms with Crippen LogP contribution in [0.1, 0.15) is 124 Å². The van der Waals surface area contributed by atoms with Crippen LogP contribution in [-0.4, -0.2) is 87.0 Å². The Kier molecular flexibility index (Phi) is 12.2. The average Bonchev–Trinajstić information content (AvgIpc) is 4.09. The van der Waals surface area contributed by atoms with Crippen molar-refractivity contribution in [3.8, 4) is 11.3 Å². The van der Waals surface area contributed by atoms with Gasteiger partial charge in [-0.3, -0.25) is 9.59 Å². The molecule has 0 spiro atoms. The molecule has 0 unspecified atom stereocenters. The maximum Gasteiger partial charge on any atom is 0.407 e. The lowest BCUT2D eigenvalue weighted by Crippen LogP contribution is -2.53. The van der Waals surface area contributed by atoms with E-state index in [0.717, 1.165) is 80.0 Å². The molecule has 1 aliphatic carbocycles. The number of amides is 5. The van der Waals surface area contributed by atoms with E-state index in [1.54, 1.807) is 7.05 Å². The number of nitrogens with zero attached hydrogens (tertiary/aromatic N) is 4. The summed E-state index contributed by atoms with van der Waals surface area (Å²) in [5.41, 5.74) is 5.11. The van der Waals surface area contributed by atoms with E-state index < -0.39 is 18.2 Å². The first-order valence-electron chi connectivity index (χ1n) is 20.3. The highest BCUT2D eigenvalue weighted by Crippen LogP contribution is 2.42. The molecular weight excluding hydrogens is 723 g/mol. The van der Waals surface area contributed by atoms with Gasteiger partial charge in [-0.05, 0) is 79.9 Å². The molecule has 302 valence electrons. The predicted octanol–water partition coefficient (Wildman–Crippen LogP) is 6.62. The fourth-order valence-electron chi connectivity index (χ4n) is 8.86. The van der Waals surface area contributed by atoms with Gasteiger partial charge in [0.15, 0.2) is 0 Å². The molecule has 0 radical (unpaired) electrons. The number of H-pyrrole nitrogens is 2. The van der Waals surface area contributed by atoms with Crippen LogP contribution in [0.4, 0.5) is 9.59 Å².